The molecule has 0 spiro atoms. The van der Waals surface area contributed by atoms with Crippen molar-refractivity contribution in [2.45, 2.75) is 26.7 Å². The quantitative estimate of drug-likeness (QED) is 0.876. The zero-order chi connectivity index (χ0) is 13.7. The minimum atomic E-state index is -0.336. The van der Waals surface area contributed by atoms with Crippen molar-refractivity contribution < 1.29 is 9.53 Å². The first kappa shape index (κ1) is 13.9. The molecule has 19 heavy (non-hydrogen) atoms. The lowest BCUT2D eigenvalue weighted by Crippen LogP contribution is -2.46. The van der Waals surface area contributed by atoms with Crippen LogP contribution in [0.15, 0.2) is 24.3 Å². The van der Waals surface area contributed by atoms with Gasteiger partial charge in [0.2, 0.25) is 5.91 Å². The Balaban J connectivity index is 2.10. The molecule has 0 bridgehead atoms. The maximum absolute atomic E-state index is 12.4. The molecule has 0 saturated carbocycles. The second-order valence-corrected chi connectivity index (χ2v) is 5.22. The fourth-order valence-corrected chi connectivity index (χ4v) is 2.37. The summed E-state index contributed by atoms with van der Waals surface area (Å²) in [5, 5.41) is 6.29. The number of anilines is 1. The number of piperidine rings is 1. The van der Waals surface area contributed by atoms with Crippen molar-refractivity contribution in [1.29, 1.82) is 0 Å². The number of amides is 1. The van der Waals surface area contributed by atoms with Gasteiger partial charge in [-0.15, -0.1) is 0 Å². The van der Waals surface area contributed by atoms with Crippen LogP contribution in [0.4, 0.5) is 5.69 Å². The maximum Gasteiger partial charge on any atom is 0.231 e. The Morgan fingerprint density at radius 1 is 1.47 bits per heavy atom. The van der Waals surface area contributed by atoms with E-state index in [9.17, 15) is 4.79 Å². The average Bonchev–Trinajstić information content (AvgIpc) is 2.42. The summed E-state index contributed by atoms with van der Waals surface area (Å²) in [4.78, 5) is 12.4. The monoisotopic (exact) mass is 262 g/mol. The summed E-state index contributed by atoms with van der Waals surface area (Å²) < 4.78 is 5.53. The van der Waals surface area contributed by atoms with Gasteiger partial charge in [-0.2, -0.15) is 0 Å². The summed E-state index contributed by atoms with van der Waals surface area (Å²) in [6.45, 7) is 6.27. The summed E-state index contributed by atoms with van der Waals surface area (Å²) in [5.74, 6) is 0.789. The van der Waals surface area contributed by atoms with Gasteiger partial charge >= 0.3 is 0 Å². The Bertz CT molecular complexity index is 440. The van der Waals surface area contributed by atoms with Gasteiger partial charge in [-0.1, -0.05) is 12.1 Å². The van der Waals surface area contributed by atoms with Gasteiger partial charge in [0.15, 0.2) is 0 Å². The van der Waals surface area contributed by atoms with Gasteiger partial charge in [0, 0.05) is 6.54 Å². The summed E-state index contributed by atoms with van der Waals surface area (Å²) in [6.07, 6.45) is 1.96. The van der Waals surface area contributed by atoms with Crippen molar-refractivity contribution in [2.24, 2.45) is 5.41 Å². The first-order chi connectivity index (χ1) is 9.15. The van der Waals surface area contributed by atoms with Crippen molar-refractivity contribution in [2.75, 3.05) is 25.0 Å². The highest BCUT2D eigenvalue weighted by molar-refractivity contribution is 5.96. The third-order valence-electron chi connectivity index (χ3n) is 3.58. The molecule has 1 fully saturated rings. The normalized spacial score (nSPS) is 22.8. The number of carbonyl (C=O) groups is 1. The Kier molecular flexibility index (Phi) is 4.43. The molecule has 4 heteroatoms. The lowest BCUT2D eigenvalue weighted by molar-refractivity contribution is -0.125. The van der Waals surface area contributed by atoms with Crippen molar-refractivity contribution in [3.05, 3.63) is 24.3 Å². The Morgan fingerprint density at radius 3 is 2.95 bits per heavy atom. The van der Waals surface area contributed by atoms with E-state index < -0.39 is 0 Å². The van der Waals surface area contributed by atoms with Crippen LogP contribution < -0.4 is 15.4 Å². The summed E-state index contributed by atoms with van der Waals surface area (Å²) in [7, 11) is 0. The third-order valence-corrected chi connectivity index (χ3v) is 3.58. The fourth-order valence-electron chi connectivity index (χ4n) is 2.37. The smallest absolute Gasteiger partial charge is 0.231 e. The second-order valence-electron chi connectivity index (χ2n) is 5.22. The van der Waals surface area contributed by atoms with Gasteiger partial charge in [-0.25, -0.2) is 0 Å². The fraction of sp³-hybridized carbons (Fsp3) is 0.533. The zero-order valence-electron chi connectivity index (χ0n) is 11.7. The van der Waals surface area contributed by atoms with Gasteiger partial charge in [0.25, 0.3) is 0 Å². The van der Waals surface area contributed by atoms with Crippen molar-refractivity contribution in [3.8, 4) is 5.75 Å². The molecule has 2 N–H and O–H groups in total. The molecule has 1 aliphatic rings. The lowest BCUT2D eigenvalue weighted by atomic mass is 9.82. The molecule has 1 saturated heterocycles. The van der Waals surface area contributed by atoms with E-state index in [1.807, 2.05) is 38.1 Å². The van der Waals surface area contributed by atoms with Gasteiger partial charge in [-0.3, -0.25) is 4.79 Å². The Hall–Kier alpha value is -1.55. The Morgan fingerprint density at radius 2 is 2.26 bits per heavy atom. The summed E-state index contributed by atoms with van der Waals surface area (Å²) in [5.41, 5.74) is 0.415. The van der Waals surface area contributed by atoms with Gasteiger partial charge in [0.1, 0.15) is 5.75 Å². The minimum Gasteiger partial charge on any atom is -0.492 e. The van der Waals surface area contributed by atoms with Crippen LogP contribution in [0.1, 0.15) is 26.7 Å². The highest BCUT2D eigenvalue weighted by atomic mass is 16.5. The Labute approximate surface area is 114 Å². The first-order valence-corrected chi connectivity index (χ1v) is 6.90. The molecule has 2 rings (SSSR count). The molecule has 1 atom stereocenters. The van der Waals surface area contributed by atoms with Crippen LogP contribution in [0.25, 0.3) is 0 Å². The predicted molar refractivity (Wildman–Crippen MR) is 76.5 cm³/mol. The first-order valence-electron chi connectivity index (χ1n) is 6.90. The number of hydrogen-bond acceptors (Lipinski definition) is 3. The third kappa shape index (κ3) is 3.26. The van der Waals surface area contributed by atoms with Crippen LogP contribution in [0.3, 0.4) is 0 Å². The van der Waals surface area contributed by atoms with Crippen LogP contribution in [0.5, 0.6) is 5.75 Å². The van der Waals surface area contributed by atoms with E-state index in [4.69, 9.17) is 4.74 Å². The zero-order valence-corrected chi connectivity index (χ0v) is 11.7. The van der Waals surface area contributed by atoms with E-state index in [1.165, 1.54) is 0 Å². The van der Waals surface area contributed by atoms with E-state index in [0.29, 0.717) is 6.61 Å². The van der Waals surface area contributed by atoms with Crippen LogP contribution in [-0.4, -0.2) is 25.6 Å². The molecule has 1 aromatic carbocycles. The molecule has 0 aromatic heterocycles. The standard InChI is InChI=1S/C15H22N2O2/c1-3-19-13-8-5-4-7-12(13)17-14(18)15(2)9-6-10-16-11-15/h4-5,7-8,16H,3,6,9-11H2,1-2H3,(H,17,18). The molecule has 104 valence electrons. The number of para-hydroxylation sites is 2. The summed E-state index contributed by atoms with van der Waals surface area (Å²) >= 11 is 0. The van der Waals surface area contributed by atoms with Gasteiger partial charge in [-0.05, 0) is 45.4 Å². The van der Waals surface area contributed by atoms with Gasteiger partial charge in [0.05, 0.1) is 17.7 Å². The molecule has 1 aromatic rings. The summed E-state index contributed by atoms with van der Waals surface area (Å²) in [6, 6.07) is 7.56. The van der Waals surface area contributed by atoms with Crippen molar-refractivity contribution in [1.82, 2.24) is 5.32 Å². The minimum absolute atomic E-state index is 0.0619. The number of benzene rings is 1. The molecule has 0 radical (unpaired) electrons. The van der Waals surface area contributed by atoms with E-state index >= 15 is 0 Å². The largest absolute Gasteiger partial charge is 0.492 e. The van der Waals surface area contributed by atoms with Crippen molar-refractivity contribution in [3.63, 3.8) is 0 Å². The molecular formula is C15H22N2O2. The van der Waals surface area contributed by atoms with E-state index in [-0.39, 0.29) is 11.3 Å². The predicted octanol–water partition coefficient (Wildman–Crippen LogP) is 2.41. The highest BCUT2D eigenvalue weighted by Gasteiger charge is 2.34. The van der Waals surface area contributed by atoms with Gasteiger partial charge < -0.3 is 15.4 Å². The molecule has 1 heterocycles. The van der Waals surface area contributed by atoms with Crippen LogP contribution in [0.2, 0.25) is 0 Å². The average molecular weight is 262 g/mol. The van der Waals surface area contributed by atoms with Crippen LogP contribution >= 0.6 is 0 Å². The molecular weight excluding hydrogens is 240 g/mol. The SMILES string of the molecule is CCOc1ccccc1NC(=O)C1(C)CCCNC1. The molecule has 1 aliphatic heterocycles. The highest BCUT2D eigenvalue weighted by Crippen LogP contribution is 2.30. The van der Waals surface area contributed by atoms with E-state index in [1.54, 1.807) is 0 Å². The number of ether oxygens (including phenoxy) is 1. The van der Waals surface area contributed by atoms with E-state index in [2.05, 4.69) is 10.6 Å². The number of rotatable bonds is 4. The maximum atomic E-state index is 12.4. The topological polar surface area (TPSA) is 50.4 Å². The molecule has 1 unspecified atom stereocenters. The number of hydrogen-bond donors (Lipinski definition) is 2. The lowest BCUT2D eigenvalue weighted by Gasteiger charge is -2.32. The molecule has 0 aliphatic carbocycles. The second kappa shape index (κ2) is 6.06. The van der Waals surface area contributed by atoms with Crippen molar-refractivity contribution >= 4 is 11.6 Å². The van der Waals surface area contributed by atoms with E-state index in [0.717, 1.165) is 37.4 Å². The van der Waals surface area contributed by atoms with Crippen LogP contribution in [0, 0.1) is 5.41 Å². The van der Waals surface area contributed by atoms with Crippen LogP contribution in [-0.2, 0) is 4.79 Å². The number of carbonyl (C=O) groups excluding carboxylic acids is 1. The molecule has 1 amide bonds. The number of nitrogens with one attached hydrogen (secondary N) is 2. The molecule has 4 nitrogen and oxygen atoms in total.